The molecule has 0 bridgehead atoms. The van der Waals surface area contributed by atoms with E-state index in [-0.39, 0.29) is 11.9 Å². The van der Waals surface area contributed by atoms with Gasteiger partial charge < -0.3 is 16.0 Å². The largest absolute Gasteiger partial charge is 0.358 e. The van der Waals surface area contributed by atoms with E-state index in [0.717, 1.165) is 17.8 Å². The van der Waals surface area contributed by atoms with Gasteiger partial charge in [-0.2, -0.15) is 0 Å². The van der Waals surface area contributed by atoms with Crippen molar-refractivity contribution in [2.75, 3.05) is 18.0 Å². The maximum Gasteiger partial charge on any atom is 0.242 e. The Bertz CT molecular complexity index is 436. The number of hydrogen-bond donors (Lipinski definition) is 2. The number of piperazine rings is 1. The molecule has 5 heteroatoms. The number of halogens is 1. The highest BCUT2D eigenvalue weighted by Gasteiger charge is 2.25. The van der Waals surface area contributed by atoms with Gasteiger partial charge in [-0.1, -0.05) is 17.7 Å². The first-order valence-corrected chi connectivity index (χ1v) is 6.04. The maximum atomic E-state index is 11.6. The molecule has 92 valence electrons. The van der Waals surface area contributed by atoms with Crippen LogP contribution in [0.15, 0.2) is 18.2 Å². The molecule has 1 aromatic carbocycles. The van der Waals surface area contributed by atoms with Gasteiger partial charge in [0.25, 0.3) is 0 Å². The molecule has 1 aliphatic rings. The molecule has 1 aromatic rings. The number of nitrogens with zero attached hydrogens (tertiary/aromatic N) is 1. The predicted octanol–water partition coefficient (Wildman–Crippen LogP) is 1.12. The Labute approximate surface area is 106 Å². The summed E-state index contributed by atoms with van der Waals surface area (Å²) in [6.07, 6.45) is 0. The summed E-state index contributed by atoms with van der Waals surface area (Å²) in [5, 5.41) is 3.49. The van der Waals surface area contributed by atoms with Gasteiger partial charge in [-0.3, -0.25) is 4.79 Å². The van der Waals surface area contributed by atoms with E-state index in [1.807, 2.05) is 30.0 Å². The standard InChI is InChI=1S/C12H16ClN3O/c1-8-12(17)15-4-5-16(8)10-3-2-9(7-14)11(13)6-10/h2-3,6,8H,4-5,7,14H2,1H3,(H,15,17). The van der Waals surface area contributed by atoms with Gasteiger partial charge in [0.05, 0.1) is 0 Å². The van der Waals surface area contributed by atoms with Crippen LogP contribution in [0.4, 0.5) is 5.69 Å². The lowest BCUT2D eigenvalue weighted by Gasteiger charge is -2.34. The third-order valence-electron chi connectivity index (χ3n) is 3.09. The molecule has 0 aromatic heterocycles. The second-order valence-corrected chi connectivity index (χ2v) is 4.55. The number of hydrogen-bond acceptors (Lipinski definition) is 3. The van der Waals surface area contributed by atoms with Crippen LogP contribution in [0.2, 0.25) is 5.02 Å². The van der Waals surface area contributed by atoms with Crippen LogP contribution in [0.3, 0.4) is 0 Å². The van der Waals surface area contributed by atoms with Crippen molar-refractivity contribution in [1.82, 2.24) is 5.32 Å². The lowest BCUT2D eigenvalue weighted by molar-refractivity contribution is -0.122. The monoisotopic (exact) mass is 253 g/mol. The van der Waals surface area contributed by atoms with Crippen LogP contribution in [0.5, 0.6) is 0 Å². The van der Waals surface area contributed by atoms with Gasteiger partial charge in [0.2, 0.25) is 5.91 Å². The molecule has 1 aliphatic heterocycles. The molecule has 0 spiro atoms. The molecule has 1 amide bonds. The van der Waals surface area contributed by atoms with Gasteiger partial charge in [0.1, 0.15) is 6.04 Å². The average Bonchev–Trinajstić information content (AvgIpc) is 2.32. The zero-order valence-electron chi connectivity index (χ0n) is 9.74. The number of benzene rings is 1. The zero-order valence-corrected chi connectivity index (χ0v) is 10.5. The van der Waals surface area contributed by atoms with Gasteiger partial charge in [0.15, 0.2) is 0 Å². The lowest BCUT2D eigenvalue weighted by Crippen LogP contribution is -2.54. The Morgan fingerprint density at radius 1 is 1.59 bits per heavy atom. The molecule has 1 saturated heterocycles. The molecule has 1 unspecified atom stereocenters. The summed E-state index contributed by atoms with van der Waals surface area (Å²) in [7, 11) is 0. The number of carbonyl (C=O) groups is 1. The number of carbonyl (C=O) groups excluding carboxylic acids is 1. The van der Waals surface area contributed by atoms with Crippen molar-refractivity contribution in [3.8, 4) is 0 Å². The highest BCUT2D eigenvalue weighted by Crippen LogP contribution is 2.25. The summed E-state index contributed by atoms with van der Waals surface area (Å²) in [6, 6.07) is 5.59. The molecule has 0 saturated carbocycles. The van der Waals surface area contributed by atoms with Crippen molar-refractivity contribution in [1.29, 1.82) is 0 Å². The smallest absolute Gasteiger partial charge is 0.242 e. The van der Waals surface area contributed by atoms with Crippen molar-refractivity contribution in [3.63, 3.8) is 0 Å². The van der Waals surface area contributed by atoms with Crippen molar-refractivity contribution in [3.05, 3.63) is 28.8 Å². The van der Waals surface area contributed by atoms with Crippen LogP contribution in [0, 0.1) is 0 Å². The Hall–Kier alpha value is -1.26. The average molecular weight is 254 g/mol. The summed E-state index contributed by atoms with van der Waals surface area (Å²) >= 11 is 6.13. The molecular weight excluding hydrogens is 238 g/mol. The van der Waals surface area contributed by atoms with Crippen molar-refractivity contribution >= 4 is 23.2 Å². The minimum atomic E-state index is -0.163. The van der Waals surface area contributed by atoms with E-state index in [4.69, 9.17) is 17.3 Å². The third kappa shape index (κ3) is 2.37. The summed E-state index contributed by atoms with van der Waals surface area (Å²) in [6.45, 7) is 3.78. The van der Waals surface area contributed by atoms with Crippen molar-refractivity contribution in [2.24, 2.45) is 5.73 Å². The molecule has 0 aliphatic carbocycles. The molecular formula is C12H16ClN3O. The third-order valence-corrected chi connectivity index (χ3v) is 3.44. The fraction of sp³-hybridized carbons (Fsp3) is 0.417. The summed E-state index contributed by atoms with van der Waals surface area (Å²) in [4.78, 5) is 13.6. The minimum Gasteiger partial charge on any atom is -0.358 e. The molecule has 1 atom stereocenters. The van der Waals surface area contributed by atoms with Crippen LogP contribution in [-0.2, 0) is 11.3 Å². The Balaban J connectivity index is 2.27. The highest BCUT2D eigenvalue weighted by molar-refractivity contribution is 6.31. The molecule has 4 nitrogen and oxygen atoms in total. The van der Waals surface area contributed by atoms with E-state index in [1.165, 1.54) is 0 Å². The number of nitrogens with one attached hydrogen (secondary N) is 1. The van der Waals surface area contributed by atoms with E-state index in [2.05, 4.69) is 5.32 Å². The first kappa shape index (κ1) is 12.2. The second kappa shape index (κ2) is 4.94. The lowest BCUT2D eigenvalue weighted by atomic mass is 10.1. The maximum absolute atomic E-state index is 11.6. The molecule has 2 rings (SSSR count). The number of amides is 1. The number of anilines is 1. The van der Waals surface area contributed by atoms with Crippen LogP contribution < -0.4 is 16.0 Å². The predicted molar refractivity (Wildman–Crippen MR) is 69.2 cm³/mol. The first-order valence-electron chi connectivity index (χ1n) is 5.66. The molecule has 3 N–H and O–H groups in total. The highest BCUT2D eigenvalue weighted by atomic mass is 35.5. The van der Waals surface area contributed by atoms with Crippen LogP contribution >= 0.6 is 11.6 Å². The summed E-state index contributed by atoms with van der Waals surface area (Å²) in [5.41, 5.74) is 7.45. The SMILES string of the molecule is CC1C(=O)NCCN1c1ccc(CN)c(Cl)c1. The molecule has 17 heavy (non-hydrogen) atoms. The van der Waals surface area contributed by atoms with E-state index in [9.17, 15) is 4.79 Å². The van der Waals surface area contributed by atoms with Crippen LogP contribution in [0.25, 0.3) is 0 Å². The van der Waals surface area contributed by atoms with Gasteiger partial charge in [0, 0.05) is 30.3 Å². The van der Waals surface area contributed by atoms with E-state index in [1.54, 1.807) is 0 Å². The van der Waals surface area contributed by atoms with Gasteiger partial charge in [-0.15, -0.1) is 0 Å². The van der Waals surface area contributed by atoms with Crippen LogP contribution in [0.1, 0.15) is 12.5 Å². The van der Waals surface area contributed by atoms with Gasteiger partial charge >= 0.3 is 0 Å². The Kier molecular flexibility index (Phi) is 3.54. The van der Waals surface area contributed by atoms with Gasteiger partial charge in [-0.05, 0) is 24.6 Å². The number of nitrogens with two attached hydrogens (primary N) is 1. The molecule has 0 radical (unpaired) electrons. The van der Waals surface area contributed by atoms with Gasteiger partial charge in [-0.25, -0.2) is 0 Å². The van der Waals surface area contributed by atoms with Crippen molar-refractivity contribution in [2.45, 2.75) is 19.5 Å². The summed E-state index contributed by atoms with van der Waals surface area (Å²) in [5.74, 6) is 0.0512. The topological polar surface area (TPSA) is 58.4 Å². The van der Waals surface area contributed by atoms with E-state index >= 15 is 0 Å². The Morgan fingerprint density at radius 3 is 3.00 bits per heavy atom. The van der Waals surface area contributed by atoms with E-state index < -0.39 is 0 Å². The van der Waals surface area contributed by atoms with Crippen LogP contribution in [-0.4, -0.2) is 25.0 Å². The zero-order chi connectivity index (χ0) is 12.4. The number of rotatable bonds is 2. The normalized spacial score (nSPS) is 20.3. The van der Waals surface area contributed by atoms with E-state index in [0.29, 0.717) is 18.1 Å². The first-order chi connectivity index (χ1) is 8.13. The summed E-state index contributed by atoms with van der Waals surface area (Å²) < 4.78 is 0. The fourth-order valence-corrected chi connectivity index (χ4v) is 2.27. The Morgan fingerprint density at radius 2 is 2.35 bits per heavy atom. The quantitative estimate of drug-likeness (QED) is 0.831. The molecule has 1 fully saturated rings. The molecule has 1 heterocycles. The fourth-order valence-electron chi connectivity index (χ4n) is 2.02. The second-order valence-electron chi connectivity index (χ2n) is 4.14. The minimum absolute atomic E-state index is 0.0512. The van der Waals surface area contributed by atoms with Crippen molar-refractivity contribution < 1.29 is 4.79 Å².